The Morgan fingerprint density at radius 3 is 2.74 bits per heavy atom. The summed E-state index contributed by atoms with van der Waals surface area (Å²) >= 11 is 0. The van der Waals surface area contributed by atoms with E-state index in [1.165, 1.54) is 14.0 Å². The van der Waals surface area contributed by atoms with Crippen LogP contribution < -0.4 is 10.1 Å². The highest BCUT2D eigenvalue weighted by atomic mass is 16.5. The second kappa shape index (κ2) is 7.26. The minimum absolute atomic E-state index is 0.0137. The molecule has 1 amide bonds. The molecule has 1 unspecified atom stereocenters. The number of aldehydes is 1. The highest BCUT2D eigenvalue weighted by Crippen LogP contribution is 2.31. The molecule has 2 aromatic rings. The number of carbonyl (C=O) groups is 2. The van der Waals surface area contributed by atoms with Crippen LogP contribution >= 0.6 is 0 Å². The van der Waals surface area contributed by atoms with E-state index in [4.69, 9.17) is 10.1 Å². The predicted molar refractivity (Wildman–Crippen MR) is 85.6 cm³/mol. The number of ether oxygens (including phenoxy) is 1. The highest BCUT2D eigenvalue weighted by Gasteiger charge is 2.20. The quantitative estimate of drug-likeness (QED) is 0.482. The Kier molecular flexibility index (Phi) is 5.14. The molecule has 7 nitrogen and oxygen atoms in total. The maximum absolute atomic E-state index is 12.0. The van der Waals surface area contributed by atoms with Gasteiger partial charge in [-0.05, 0) is 25.1 Å². The number of anilines is 1. The van der Waals surface area contributed by atoms with Crippen LogP contribution in [0.4, 0.5) is 5.69 Å². The van der Waals surface area contributed by atoms with Crippen molar-refractivity contribution in [3.05, 3.63) is 36.8 Å². The number of hydrogen-bond donors (Lipinski definition) is 2. The molecule has 0 spiro atoms. The lowest BCUT2D eigenvalue weighted by molar-refractivity contribution is -0.122. The van der Waals surface area contributed by atoms with Crippen LogP contribution in [0.1, 0.15) is 6.92 Å². The van der Waals surface area contributed by atoms with Gasteiger partial charge in [0.05, 0.1) is 19.0 Å². The molecule has 2 rings (SSSR count). The largest absolute Gasteiger partial charge is 0.496 e. The minimum atomic E-state index is -1.10. The molecule has 0 fully saturated rings. The van der Waals surface area contributed by atoms with Crippen molar-refractivity contribution in [2.24, 2.45) is 5.92 Å². The fourth-order valence-electron chi connectivity index (χ4n) is 2.00. The van der Waals surface area contributed by atoms with Gasteiger partial charge in [-0.1, -0.05) is 0 Å². The second-order valence-corrected chi connectivity index (χ2v) is 4.79. The summed E-state index contributed by atoms with van der Waals surface area (Å²) in [4.78, 5) is 31.2. The van der Waals surface area contributed by atoms with E-state index >= 15 is 0 Å². The van der Waals surface area contributed by atoms with Gasteiger partial charge in [-0.2, -0.15) is 0 Å². The molecule has 0 aliphatic carbocycles. The van der Waals surface area contributed by atoms with E-state index in [1.54, 1.807) is 36.8 Å². The molecule has 2 N–H and O–H groups in total. The van der Waals surface area contributed by atoms with E-state index < -0.39 is 11.8 Å². The molecule has 1 aromatic heterocycles. The lowest BCUT2D eigenvalue weighted by atomic mass is 10.1. The lowest BCUT2D eigenvalue weighted by Crippen LogP contribution is -2.29. The highest BCUT2D eigenvalue weighted by molar-refractivity contribution is 6.16. The first-order chi connectivity index (χ1) is 11.1. The third-order valence-electron chi connectivity index (χ3n) is 3.19. The fourth-order valence-corrected chi connectivity index (χ4v) is 2.00. The third-order valence-corrected chi connectivity index (χ3v) is 3.19. The second-order valence-electron chi connectivity index (χ2n) is 4.79. The molecule has 1 atom stereocenters. The van der Waals surface area contributed by atoms with E-state index in [9.17, 15) is 9.59 Å². The van der Waals surface area contributed by atoms with Gasteiger partial charge in [0, 0.05) is 29.4 Å². The van der Waals surface area contributed by atoms with Gasteiger partial charge in [0.15, 0.2) is 0 Å². The molecule has 0 radical (unpaired) electrons. The number of methoxy groups -OCH3 is 1. The molecule has 1 heterocycles. The fraction of sp³-hybridized carbons (Fsp3) is 0.188. The number of nitrogens with zero attached hydrogens (tertiary/aromatic N) is 2. The van der Waals surface area contributed by atoms with Gasteiger partial charge >= 0.3 is 0 Å². The first-order valence-corrected chi connectivity index (χ1v) is 6.82. The summed E-state index contributed by atoms with van der Waals surface area (Å²) in [5.74, 6) is -1.07. The monoisotopic (exact) mass is 312 g/mol. The van der Waals surface area contributed by atoms with Crippen LogP contribution in [0.5, 0.6) is 5.75 Å². The van der Waals surface area contributed by atoms with Gasteiger partial charge in [0.25, 0.3) is 0 Å². The van der Waals surface area contributed by atoms with Crippen molar-refractivity contribution in [1.82, 2.24) is 9.97 Å². The van der Waals surface area contributed by atoms with Crippen molar-refractivity contribution in [2.45, 2.75) is 6.92 Å². The number of carbonyl (C=O) groups excluding carboxylic acids is 2. The van der Waals surface area contributed by atoms with Crippen molar-refractivity contribution in [2.75, 3.05) is 12.4 Å². The average Bonchev–Trinajstić information content (AvgIpc) is 2.56. The third kappa shape index (κ3) is 3.76. The topological polar surface area (TPSA) is 105 Å². The van der Waals surface area contributed by atoms with Crippen LogP contribution in [-0.4, -0.2) is 35.0 Å². The number of amides is 1. The first kappa shape index (κ1) is 16.3. The van der Waals surface area contributed by atoms with Crippen LogP contribution in [0.15, 0.2) is 36.8 Å². The normalized spacial score (nSPS) is 11.4. The predicted octanol–water partition coefficient (Wildman–Crippen LogP) is 1.95. The SMILES string of the molecule is COc1ccc(NC(=O)C(C=O)C(C)=N)cc1-c1cnccn1. The summed E-state index contributed by atoms with van der Waals surface area (Å²) < 4.78 is 5.30. The molecule has 23 heavy (non-hydrogen) atoms. The number of aromatic nitrogens is 2. The molecule has 0 saturated heterocycles. The van der Waals surface area contributed by atoms with E-state index in [-0.39, 0.29) is 5.71 Å². The smallest absolute Gasteiger partial charge is 0.240 e. The van der Waals surface area contributed by atoms with E-state index in [0.29, 0.717) is 29.0 Å². The summed E-state index contributed by atoms with van der Waals surface area (Å²) in [5, 5.41) is 10.1. The van der Waals surface area contributed by atoms with Gasteiger partial charge in [0.2, 0.25) is 5.91 Å². The van der Waals surface area contributed by atoms with Crippen LogP contribution in [0.3, 0.4) is 0 Å². The molecule has 0 aliphatic heterocycles. The minimum Gasteiger partial charge on any atom is -0.496 e. The molecule has 118 valence electrons. The van der Waals surface area contributed by atoms with Crippen molar-refractivity contribution < 1.29 is 14.3 Å². The number of rotatable bonds is 6. The summed E-state index contributed by atoms with van der Waals surface area (Å²) in [6.45, 7) is 1.41. The summed E-state index contributed by atoms with van der Waals surface area (Å²) in [6.07, 6.45) is 5.15. The standard InChI is InChI=1S/C16H16N4O3/c1-10(17)13(9-21)16(22)20-11-3-4-15(23-2)12(7-11)14-8-18-5-6-19-14/h3-9,13,17H,1-2H3,(H,20,22). The molecular formula is C16H16N4O3. The van der Waals surface area contributed by atoms with Crippen LogP contribution in [0.25, 0.3) is 11.3 Å². The van der Waals surface area contributed by atoms with Crippen molar-refractivity contribution in [3.63, 3.8) is 0 Å². The van der Waals surface area contributed by atoms with Crippen LogP contribution in [-0.2, 0) is 9.59 Å². The maximum Gasteiger partial charge on any atom is 0.240 e. The van der Waals surface area contributed by atoms with Gasteiger partial charge in [-0.15, -0.1) is 0 Å². The van der Waals surface area contributed by atoms with Gasteiger partial charge in [0.1, 0.15) is 18.0 Å². The summed E-state index contributed by atoms with van der Waals surface area (Å²) in [7, 11) is 1.54. The number of nitrogens with one attached hydrogen (secondary N) is 2. The van der Waals surface area contributed by atoms with E-state index in [2.05, 4.69) is 15.3 Å². The zero-order valence-electron chi connectivity index (χ0n) is 12.7. The first-order valence-electron chi connectivity index (χ1n) is 6.82. The summed E-state index contributed by atoms with van der Waals surface area (Å²) in [5.41, 5.74) is 1.72. The van der Waals surface area contributed by atoms with E-state index in [1.807, 2.05) is 0 Å². The molecular weight excluding hydrogens is 296 g/mol. The molecule has 0 saturated carbocycles. The van der Waals surface area contributed by atoms with E-state index in [0.717, 1.165) is 0 Å². The summed E-state index contributed by atoms with van der Waals surface area (Å²) in [6, 6.07) is 5.02. The van der Waals surface area contributed by atoms with Gasteiger partial charge in [-0.3, -0.25) is 14.8 Å². The average molecular weight is 312 g/mol. The van der Waals surface area contributed by atoms with Crippen molar-refractivity contribution in [3.8, 4) is 17.0 Å². The Hall–Kier alpha value is -3.09. The lowest BCUT2D eigenvalue weighted by Gasteiger charge is -2.13. The Labute approximate surface area is 133 Å². The molecule has 7 heteroatoms. The Balaban J connectivity index is 2.33. The Bertz CT molecular complexity index is 731. The van der Waals surface area contributed by atoms with Crippen LogP contribution in [0, 0.1) is 11.3 Å². The molecule has 0 bridgehead atoms. The Morgan fingerprint density at radius 1 is 1.39 bits per heavy atom. The maximum atomic E-state index is 12.0. The van der Waals surface area contributed by atoms with Gasteiger partial charge < -0.3 is 20.3 Å². The molecule has 1 aromatic carbocycles. The van der Waals surface area contributed by atoms with Gasteiger partial charge in [-0.25, -0.2) is 0 Å². The zero-order valence-corrected chi connectivity index (χ0v) is 12.7. The Morgan fingerprint density at radius 2 is 2.17 bits per heavy atom. The number of benzene rings is 1. The number of hydrogen-bond acceptors (Lipinski definition) is 6. The van der Waals surface area contributed by atoms with Crippen molar-refractivity contribution >= 4 is 23.6 Å². The van der Waals surface area contributed by atoms with Crippen LogP contribution in [0.2, 0.25) is 0 Å². The zero-order chi connectivity index (χ0) is 16.8. The van der Waals surface area contributed by atoms with Crippen molar-refractivity contribution in [1.29, 1.82) is 5.41 Å². The molecule has 0 aliphatic rings.